The number of benzene rings is 1. The summed E-state index contributed by atoms with van der Waals surface area (Å²) in [5, 5.41) is 2.68. The molecule has 0 spiro atoms. The van der Waals surface area contributed by atoms with Crippen molar-refractivity contribution in [2.75, 3.05) is 18.0 Å². The summed E-state index contributed by atoms with van der Waals surface area (Å²) in [6, 6.07) is 7.86. The number of carbonyl (C=O) groups is 1. The number of hydrogen-bond donors (Lipinski definition) is 1. The lowest BCUT2D eigenvalue weighted by atomic mass is 10.2. The Bertz CT molecular complexity index is 713. The molecule has 23 heavy (non-hydrogen) atoms. The Kier molecular flexibility index (Phi) is 4.50. The molecule has 0 aliphatic carbocycles. The Morgan fingerprint density at radius 1 is 1.26 bits per heavy atom. The molecule has 0 radical (unpaired) electrons. The van der Waals surface area contributed by atoms with Crippen molar-refractivity contribution in [3.05, 3.63) is 53.2 Å². The molecule has 2 aromatic rings. The first kappa shape index (κ1) is 15.4. The number of amides is 1. The molecule has 1 amide bonds. The Labute approximate surface area is 134 Å². The summed E-state index contributed by atoms with van der Waals surface area (Å²) in [7, 11) is 0. The molecule has 120 valence electrons. The van der Waals surface area contributed by atoms with E-state index in [1.54, 1.807) is 12.1 Å². The van der Waals surface area contributed by atoms with Gasteiger partial charge in [0.05, 0.1) is 12.1 Å². The van der Waals surface area contributed by atoms with E-state index in [9.17, 15) is 9.18 Å². The highest BCUT2D eigenvalue weighted by Crippen LogP contribution is 2.18. The van der Waals surface area contributed by atoms with E-state index in [4.69, 9.17) is 0 Å². The third-order valence-corrected chi connectivity index (χ3v) is 3.84. The van der Waals surface area contributed by atoms with Crippen LogP contribution in [0.25, 0.3) is 0 Å². The van der Waals surface area contributed by atoms with Crippen LogP contribution in [0.3, 0.4) is 0 Å². The fraction of sp³-hybridized carbons (Fsp3) is 0.353. The van der Waals surface area contributed by atoms with Gasteiger partial charge in [0, 0.05) is 24.8 Å². The van der Waals surface area contributed by atoms with Crippen molar-refractivity contribution in [3.8, 4) is 0 Å². The van der Waals surface area contributed by atoms with E-state index in [0.29, 0.717) is 5.82 Å². The van der Waals surface area contributed by atoms with Crippen molar-refractivity contribution in [1.29, 1.82) is 0 Å². The first-order valence-electron chi connectivity index (χ1n) is 7.76. The molecule has 0 atom stereocenters. The number of hydrogen-bond acceptors (Lipinski definition) is 4. The van der Waals surface area contributed by atoms with E-state index >= 15 is 0 Å². The van der Waals surface area contributed by atoms with E-state index < -0.39 is 11.7 Å². The summed E-state index contributed by atoms with van der Waals surface area (Å²) >= 11 is 0. The van der Waals surface area contributed by atoms with Crippen LogP contribution in [0.15, 0.2) is 30.3 Å². The maximum Gasteiger partial charge on any atom is 0.254 e. The minimum absolute atomic E-state index is 0.0277. The Balaban J connectivity index is 1.70. The van der Waals surface area contributed by atoms with Gasteiger partial charge in [-0.15, -0.1) is 0 Å². The predicted octanol–water partition coefficient (Wildman–Crippen LogP) is 2.45. The molecule has 0 bridgehead atoms. The summed E-state index contributed by atoms with van der Waals surface area (Å²) in [5.41, 5.74) is 0.886. The fourth-order valence-corrected chi connectivity index (χ4v) is 2.70. The summed E-state index contributed by atoms with van der Waals surface area (Å²) in [4.78, 5) is 23.1. The van der Waals surface area contributed by atoms with Crippen molar-refractivity contribution in [2.45, 2.75) is 26.3 Å². The molecule has 2 heterocycles. The number of aromatic nitrogens is 2. The van der Waals surface area contributed by atoms with Crippen molar-refractivity contribution in [1.82, 2.24) is 15.3 Å². The lowest BCUT2D eigenvalue weighted by Gasteiger charge is -2.17. The van der Waals surface area contributed by atoms with Gasteiger partial charge in [-0.2, -0.15) is 0 Å². The van der Waals surface area contributed by atoms with Crippen LogP contribution in [-0.2, 0) is 6.54 Å². The largest absolute Gasteiger partial charge is 0.357 e. The minimum Gasteiger partial charge on any atom is -0.357 e. The van der Waals surface area contributed by atoms with Gasteiger partial charge in [0.1, 0.15) is 17.5 Å². The van der Waals surface area contributed by atoms with Gasteiger partial charge in [0.15, 0.2) is 0 Å². The number of rotatable bonds is 4. The molecule has 1 aliphatic heterocycles. The summed E-state index contributed by atoms with van der Waals surface area (Å²) in [6.45, 7) is 4.08. The van der Waals surface area contributed by atoms with Gasteiger partial charge in [0.2, 0.25) is 0 Å². The van der Waals surface area contributed by atoms with Crippen LogP contribution in [0.4, 0.5) is 10.2 Å². The molecule has 1 N–H and O–H groups in total. The molecule has 5 nitrogen and oxygen atoms in total. The van der Waals surface area contributed by atoms with Gasteiger partial charge in [-0.3, -0.25) is 4.79 Å². The van der Waals surface area contributed by atoms with E-state index in [0.717, 1.165) is 24.6 Å². The summed E-state index contributed by atoms with van der Waals surface area (Å²) < 4.78 is 13.6. The molecule has 1 aromatic heterocycles. The van der Waals surface area contributed by atoms with Crippen LogP contribution in [0.2, 0.25) is 0 Å². The van der Waals surface area contributed by atoms with E-state index in [2.05, 4.69) is 20.2 Å². The van der Waals surface area contributed by atoms with Gasteiger partial charge in [-0.1, -0.05) is 12.1 Å². The maximum atomic E-state index is 13.6. The monoisotopic (exact) mass is 314 g/mol. The molecule has 6 heteroatoms. The SMILES string of the molecule is Cc1cc(N2CCCC2)nc(CNC(=O)c2ccccc2F)n1. The highest BCUT2D eigenvalue weighted by atomic mass is 19.1. The Morgan fingerprint density at radius 3 is 2.74 bits per heavy atom. The van der Waals surface area contributed by atoms with E-state index in [1.165, 1.54) is 25.0 Å². The summed E-state index contributed by atoms with van der Waals surface area (Å²) in [5.74, 6) is 0.436. The average molecular weight is 314 g/mol. The van der Waals surface area contributed by atoms with E-state index in [1.807, 2.05) is 13.0 Å². The number of anilines is 1. The second kappa shape index (κ2) is 6.73. The topological polar surface area (TPSA) is 58.1 Å². The molecule has 1 aliphatic rings. The number of nitrogens with one attached hydrogen (secondary N) is 1. The van der Waals surface area contributed by atoms with Crippen molar-refractivity contribution < 1.29 is 9.18 Å². The zero-order valence-corrected chi connectivity index (χ0v) is 13.1. The Morgan fingerprint density at radius 2 is 2.00 bits per heavy atom. The zero-order valence-electron chi connectivity index (χ0n) is 13.1. The number of carbonyl (C=O) groups excluding carboxylic acids is 1. The van der Waals surface area contributed by atoms with Crippen molar-refractivity contribution in [3.63, 3.8) is 0 Å². The van der Waals surface area contributed by atoms with Crippen molar-refractivity contribution >= 4 is 11.7 Å². The lowest BCUT2D eigenvalue weighted by molar-refractivity contribution is 0.0946. The van der Waals surface area contributed by atoms with Crippen LogP contribution in [0.1, 0.15) is 34.7 Å². The quantitative estimate of drug-likeness (QED) is 0.942. The molecular formula is C17H19FN4O. The standard InChI is InChI=1S/C17H19FN4O/c1-12-10-16(22-8-4-5-9-22)21-15(20-12)11-19-17(23)13-6-2-3-7-14(13)18/h2-3,6-7,10H,4-5,8-9,11H2,1H3,(H,19,23). The van der Waals surface area contributed by atoms with E-state index in [-0.39, 0.29) is 12.1 Å². The first-order valence-corrected chi connectivity index (χ1v) is 7.76. The number of halogens is 1. The normalized spacial score (nSPS) is 14.1. The van der Waals surface area contributed by atoms with Crippen LogP contribution in [0.5, 0.6) is 0 Å². The zero-order chi connectivity index (χ0) is 16.2. The molecular weight excluding hydrogens is 295 g/mol. The smallest absolute Gasteiger partial charge is 0.254 e. The second-order valence-corrected chi connectivity index (χ2v) is 5.64. The van der Waals surface area contributed by atoms with Gasteiger partial charge in [-0.05, 0) is 31.9 Å². The second-order valence-electron chi connectivity index (χ2n) is 5.64. The molecule has 1 saturated heterocycles. The first-order chi connectivity index (χ1) is 11.1. The summed E-state index contributed by atoms with van der Waals surface area (Å²) in [6.07, 6.45) is 2.34. The highest BCUT2D eigenvalue weighted by Gasteiger charge is 2.16. The van der Waals surface area contributed by atoms with Crippen LogP contribution in [0, 0.1) is 12.7 Å². The number of aryl methyl sites for hydroxylation is 1. The van der Waals surface area contributed by atoms with Gasteiger partial charge < -0.3 is 10.2 Å². The maximum absolute atomic E-state index is 13.6. The third-order valence-electron chi connectivity index (χ3n) is 3.84. The third kappa shape index (κ3) is 3.64. The van der Waals surface area contributed by atoms with Gasteiger partial charge in [0.25, 0.3) is 5.91 Å². The highest BCUT2D eigenvalue weighted by molar-refractivity contribution is 5.94. The molecule has 3 rings (SSSR count). The average Bonchev–Trinajstić information content (AvgIpc) is 3.07. The van der Waals surface area contributed by atoms with Gasteiger partial charge in [-0.25, -0.2) is 14.4 Å². The van der Waals surface area contributed by atoms with Gasteiger partial charge >= 0.3 is 0 Å². The van der Waals surface area contributed by atoms with Crippen LogP contribution >= 0.6 is 0 Å². The van der Waals surface area contributed by atoms with Crippen molar-refractivity contribution in [2.24, 2.45) is 0 Å². The fourth-order valence-electron chi connectivity index (χ4n) is 2.70. The lowest BCUT2D eigenvalue weighted by Crippen LogP contribution is -2.26. The Hall–Kier alpha value is -2.50. The number of nitrogens with zero attached hydrogens (tertiary/aromatic N) is 3. The molecule has 1 fully saturated rings. The molecule has 0 saturated carbocycles. The minimum atomic E-state index is -0.534. The molecule has 1 aromatic carbocycles. The van der Waals surface area contributed by atoms with Crippen LogP contribution < -0.4 is 10.2 Å². The molecule has 0 unspecified atom stereocenters. The predicted molar refractivity (Wildman–Crippen MR) is 85.8 cm³/mol. The van der Waals surface area contributed by atoms with Crippen LogP contribution in [-0.4, -0.2) is 29.0 Å².